The van der Waals surface area contributed by atoms with Gasteiger partial charge in [-0.15, -0.1) is 0 Å². The highest BCUT2D eigenvalue weighted by Gasteiger charge is 2.29. The van der Waals surface area contributed by atoms with Crippen LogP contribution in [0.1, 0.15) is 17.4 Å². The lowest BCUT2D eigenvalue weighted by atomic mass is 10.4. The van der Waals surface area contributed by atoms with E-state index in [1.807, 2.05) is 0 Å². The molecule has 0 saturated heterocycles. The van der Waals surface area contributed by atoms with Crippen LogP contribution in [0.2, 0.25) is 0 Å². The summed E-state index contributed by atoms with van der Waals surface area (Å²) in [7, 11) is -3.72. The Morgan fingerprint density at radius 3 is 2.64 bits per heavy atom. The third-order valence-corrected chi connectivity index (χ3v) is 3.34. The summed E-state index contributed by atoms with van der Waals surface area (Å²) in [5.41, 5.74) is 4.49. The maximum Gasteiger partial charge on any atom is 0.359 e. The van der Waals surface area contributed by atoms with E-state index < -0.39 is 32.3 Å². The van der Waals surface area contributed by atoms with Gasteiger partial charge >= 0.3 is 5.97 Å². The average Bonchev–Trinajstić information content (AvgIpc) is 2.47. The minimum atomic E-state index is -3.72. The average molecular weight is 220 g/mol. The summed E-state index contributed by atoms with van der Waals surface area (Å²) in [5, 5.41) is 11.6. The molecule has 14 heavy (non-hydrogen) atoms. The van der Waals surface area contributed by atoms with Crippen LogP contribution in [-0.4, -0.2) is 30.4 Å². The van der Waals surface area contributed by atoms with Crippen molar-refractivity contribution in [3.63, 3.8) is 0 Å². The molecular weight excluding hydrogens is 212 g/mol. The zero-order valence-electron chi connectivity index (χ0n) is 7.22. The Bertz CT molecular complexity index is 461. The van der Waals surface area contributed by atoms with E-state index in [1.165, 1.54) is 6.92 Å². The number of sulfone groups is 1. The maximum absolute atomic E-state index is 11.4. The van der Waals surface area contributed by atoms with E-state index >= 15 is 0 Å². The number of nitrogens with two attached hydrogens (primary N) is 1. The Hall–Kier alpha value is -1.57. The standard InChI is InChI=1S/C6H8N2O5S/c1-2-14(11,12)4-3(6(9)10)8-13-5(4)7/h2,7H2,1H3,(H,9,10). The number of hydrogen-bond acceptors (Lipinski definition) is 6. The Kier molecular flexibility index (Phi) is 2.47. The van der Waals surface area contributed by atoms with Gasteiger partial charge in [-0.1, -0.05) is 12.1 Å². The van der Waals surface area contributed by atoms with Crippen LogP contribution in [0.15, 0.2) is 9.42 Å². The first-order valence-electron chi connectivity index (χ1n) is 3.61. The summed E-state index contributed by atoms with van der Waals surface area (Å²) in [6, 6.07) is 0. The van der Waals surface area contributed by atoms with Crippen LogP contribution in [0.25, 0.3) is 0 Å². The van der Waals surface area contributed by atoms with Crippen LogP contribution in [0.3, 0.4) is 0 Å². The highest BCUT2D eigenvalue weighted by atomic mass is 32.2. The molecule has 0 aliphatic heterocycles. The molecule has 0 aliphatic carbocycles. The molecule has 0 saturated carbocycles. The third kappa shape index (κ3) is 1.55. The van der Waals surface area contributed by atoms with E-state index in [0.29, 0.717) is 0 Å². The van der Waals surface area contributed by atoms with Crippen LogP contribution in [0.4, 0.5) is 5.88 Å². The lowest BCUT2D eigenvalue weighted by Crippen LogP contribution is -2.11. The number of nitrogen functional groups attached to an aromatic ring is 1. The Balaban J connectivity index is 3.47. The van der Waals surface area contributed by atoms with Gasteiger partial charge in [-0.3, -0.25) is 0 Å². The van der Waals surface area contributed by atoms with E-state index in [1.54, 1.807) is 0 Å². The number of aromatic carboxylic acids is 1. The lowest BCUT2D eigenvalue weighted by Gasteiger charge is -1.97. The second-order valence-electron chi connectivity index (χ2n) is 2.43. The summed E-state index contributed by atoms with van der Waals surface area (Å²) in [6.07, 6.45) is 0. The molecule has 0 aliphatic rings. The summed E-state index contributed by atoms with van der Waals surface area (Å²) in [4.78, 5) is 10.0. The summed E-state index contributed by atoms with van der Waals surface area (Å²) < 4.78 is 27.0. The highest BCUT2D eigenvalue weighted by molar-refractivity contribution is 7.91. The number of carboxylic acid groups (broad SMARTS) is 1. The number of rotatable bonds is 3. The maximum atomic E-state index is 11.4. The first-order chi connectivity index (χ1) is 6.40. The zero-order chi connectivity index (χ0) is 10.9. The normalized spacial score (nSPS) is 11.5. The molecule has 1 aromatic heterocycles. The predicted molar refractivity (Wildman–Crippen MR) is 45.6 cm³/mol. The fourth-order valence-corrected chi connectivity index (χ4v) is 1.93. The van der Waals surface area contributed by atoms with Gasteiger partial charge in [-0.05, 0) is 0 Å². The minimum Gasteiger partial charge on any atom is -0.476 e. The topological polar surface area (TPSA) is 123 Å². The molecule has 0 aromatic carbocycles. The Labute approximate surface area is 79.4 Å². The van der Waals surface area contributed by atoms with Gasteiger partial charge in [0.2, 0.25) is 11.6 Å². The van der Waals surface area contributed by atoms with Crippen LogP contribution in [0, 0.1) is 0 Å². The third-order valence-electron chi connectivity index (χ3n) is 1.57. The van der Waals surface area contributed by atoms with Gasteiger partial charge in [0.1, 0.15) is 0 Å². The van der Waals surface area contributed by atoms with Crippen molar-refractivity contribution in [1.82, 2.24) is 5.16 Å². The Morgan fingerprint density at radius 1 is 1.64 bits per heavy atom. The largest absolute Gasteiger partial charge is 0.476 e. The quantitative estimate of drug-likeness (QED) is 0.719. The molecule has 3 N–H and O–H groups in total. The fraction of sp³-hybridized carbons (Fsp3) is 0.333. The molecule has 0 amide bonds. The summed E-state index contributed by atoms with van der Waals surface area (Å²) in [6.45, 7) is 1.37. The smallest absolute Gasteiger partial charge is 0.359 e. The second kappa shape index (κ2) is 3.29. The van der Waals surface area contributed by atoms with E-state index in [-0.39, 0.29) is 5.75 Å². The number of aromatic nitrogens is 1. The Morgan fingerprint density at radius 2 is 2.21 bits per heavy atom. The van der Waals surface area contributed by atoms with E-state index in [4.69, 9.17) is 10.8 Å². The van der Waals surface area contributed by atoms with Crippen molar-refractivity contribution in [1.29, 1.82) is 0 Å². The second-order valence-corrected chi connectivity index (χ2v) is 4.65. The molecular formula is C6H8N2O5S. The van der Waals surface area contributed by atoms with Crippen molar-refractivity contribution >= 4 is 21.7 Å². The van der Waals surface area contributed by atoms with Crippen LogP contribution >= 0.6 is 0 Å². The van der Waals surface area contributed by atoms with E-state index in [2.05, 4.69) is 9.68 Å². The molecule has 1 heterocycles. The van der Waals surface area contributed by atoms with Gasteiger partial charge < -0.3 is 15.4 Å². The van der Waals surface area contributed by atoms with E-state index in [0.717, 1.165) is 0 Å². The van der Waals surface area contributed by atoms with Crippen molar-refractivity contribution in [2.24, 2.45) is 0 Å². The molecule has 7 nitrogen and oxygen atoms in total. The number of nitrogens with zero attached hydrogens (tertiary/aromatic N) is 1. The number of hydrogen-bond donors (Lipinski definition) is 2. The van der Waals surface area contributed by atoms with Crippen LogP contribution in [0.5, 0.6) is 0 Å². The van der Waals surface area contributed by atoms with Gasteiger partial charge in [0.15, 0.2) is 14.7 Å². The summed E-state index contributed by atoms with van der Waals surface area (Å²) in [5.74, 6) is -2.25. The van der Waals surface area contributed by atoms with Crippen molar-refractivity contribution in [2.75, 3.05) is 11.5 Å². The fourth-order valence-electron chi connectivity index (χ4n) is 0.875. The van der Waals surface area contributed by atoms with Crippen molar-refractivity contribution in [3.8, 4) is 0 Å². The molecule has 0 bridgehead atoms. The molecule has 0 radical (unpaired) electrons. The number of anilines is 1. The number of carbonyl (C=O) groups is 1. The molecule has 0 fully saturated rings. The van der Waals surface area contributed by atoms with Crippen LogP contribution in [-0.2, 0) is 9.84 Å². The molecule has 0 spiro atoms. The molecule has 78 valence electrons. The van der Waals surface area contributed by atoms with Gasteiger partial charge in [0.05, 0.1) is 5.75 Å². The summed E-state index contributed by atoms with van der Waals surface area (Å²) >= 11 is 0. The predicted octanol–water partition coefficient (Wildman–Crippen LogP) is -0.251. The zero-order valence-corrected chi connectivity index (χ0v) is 8.04. The lowest BCUT2D eigenvalue weighted by molar-refractivity contribution is 0.0682. The van der Waals surface area contributed by atoms with Gasteiger partial charge in [-0.2, -0.15) is 0 Å². The van der Waals surface area contributed by atoms with Crippen molar-refractivity contribution in [2.45, 2.75) is 11.8 Å². The SMILES string of the molecule is CCS(=O)(=O)c1c(C(=O)O)noc1N. The van der Waals surface area contributed by atoms with Gasteiger partial charge in [0, 0.05) is 0 Å². The highest BCUT2D eigenvalue weighted by Crippen LogP contribution is 2.23. The van der Waals surface area contributed by atoms with E-state index in [9.17, 15) is 13.2 Å². The molecule has 1 rings (SSSR count). The minimum absolute atomic E-state index is 0.265. The molecule has 0 atom stereocenters. The molecule has 1 aromatic rings. The molecule has 8 heteroatoms. The first kappa shape index (κ1) is 10.5. The van der Waals surface area contributed by atoms with Gasteiger partial charge in [-0.25, -0.2) is 13.2 Å². The monoisotopic (exact) mass is 220 g/mol. The van der Waals surface area contributed by atoms with Crippen molar-refractivity contribution in [3.05, 3.63) is 5.69 Å². The first-order valence-corrected chi connectivity index (χ1v) is 5.26. The van der Waals surface area contributed by atoms with Gasteiger partial charge in [0.25, 0.3) is 0 Å². The van der Waals surface area contributed by atoms with Crippen LogP contribution < -0.4 is 5.73 Å². The van der Waals surface area contributed by atoms with Crippen molar-refractivity contribution < 1.29 is 22.8 Å². The number of carboxylic acids is 1. The molecule has 0 unspecified atom stereocenters.